The Balaban J connectivity index is 0.000000379. The maximum Gasteiger partial charge on any atom is 0.228 e. The van der Waals surface area contributed by atoms with Crippen molar-refractivity contribution in [1.29, 1.82) is 0 Å². The Kier molecular flexibility index (Phi) is 10.6. The molecule has 0 saturated carbocycles. The molecule has 0 radical (unpaired) electrons. The topological polar surface area (TPSA) is 67.4 Å². The van der Waals surface area contributed by atoms with Crippen LogP contribution in [0.3, 0.4) is 0 Å². The summed E-state index contributed by atoms with van der Waals surface area (Å²) in [6, 6.07) is 30.0. The van der Waals surface area contributed by atoms with Crippen LogP contribution in [0.15, 0.2) is 91.0 Å². The van der Waals surface area contributed by atoms with Gasteiger partial charge in [-0.25, -0.2) is 0 Å². The highest BCUT2D eigenvalue weighted by molar-refractivity contribution is 6.98. The monoisotopic (exact) mass is 492 g/mol. The number of ketones is 1. The first-order valence-electron chi connectivity index (χ1n) is 11.5. The fourth-order valence-corrected chi connectivity index (χ4v) is 12.7. The molecule has 2 atom stereocenters. The first kappa shape index (κ1) is 27.4. The first-order valence-corrected chi connectivity index (χ1v) is 16.7. The molecule has 3 aromatic carbocycles. The third kappa shape index (κ3) is 8.18. The largest absolute Gasteiger partial charge is 0.447 e. The van der Waals surface area contributed by atoms with Gasteiger partial charge in [0, 0.05) is 24.8 Å². The Morgan fingerprint density at radius 3 is 1.47 bits per heavy atom. The van der Waals surface area contributed by atoms with Gasteiger partial charge in [-0.1, -0.05) is 91.0 Å². The SMILES string of the molecule is CC(=O)c1ccccc1.CNC[Si](C)(O[Si](C)(CNC(C)=O)c1ccccc1)c1ccccc1. The lowest BCUT2D eigenvalue weighted by atomic mass is 10.2. The first-order chi connectivity index (χ1) is 16.2. The minimum atomic E-state index is -2.35. The zero-order valence-corrected chi connectivity index (χ0v) is 22.8. The number of Topliss-reactive ketones (excluding diaryl/α,β-unsaturated/α-hetero) is 1. The molecule has 1 amide bonds. The molecule has 5 nitrogen and oxygen atoms in total. The van der Waals surface area contributed by atoms with Crippen molar-refractivity contribution in [1.82, 2.24) is 10.6 Å². The quantitative estimate of drug-likeness (QED) is 0.355. The van der Waals surface area contributed by atoms with Gasteiger partial charge in [0.2, 0.25) is 22.5 Å². The van der Waals surface area contributed by atoms with E-state index in [-0.39, 0.29) is 11.7 Å². The fourth-order valence-electron chi connectivity index (χ4n) is 3.78. The van der Waals surface area contributed by atoms with Crippen molar-refractivity contribution < 1.29 is 13.7 Å². The Labute approximate surface area is 205 Å². The minimum absolute atomic E-state index is 0.0186. The third-order valence-corrected chi connectivity index (χ3v) is 14.2. The van der Waals surface area contributed by atoms with Gasteiger partial charge in [0.15, 0.2) is 5.78 Å². The summed E-state index contributed by atoms with van der Waals surface area (Å²) in [4.78, 5) is 22.2. The van der Waals surface area contributed by atoms with Crippen LogP contribution < -0.4 is 21.0 Å². The highest BCUT2D eigenvalue weighted by atomic mass is 28.4. The number of hydrogen-bond acceptors (Lipinski definition) is 4. The molecular formula is C27H36N2O3Si2. The van der Waals surface area contributed by atoms with E-state index >= 15 is 0 Å². The second kappa shape index (κ2) is 13.1. The van der Waals surface area contributed by atoms with Gasteiger partial charge in [-0.3, -0.25) is 9.59 Å². The normalized spacial score (nSPS) is 14.0. The molecule has 0 bridgehead atoms. The minimum Gasteiger partial charge on any atom is -0.447 e. The van der Waals surface area contributed by atoms with E-state index < -0.39 is 16.6 Å². The van der Waals surface area contributed by atoms with Crippen LogP contribution in [-0.2, 0) is 8.91 Å². The van der Waals surface area contributed by atoms with Crippen LogP contribution in [0, 0.1) is 0 Å². The predicted molar refractivity (Wildman–Crippen MR) is 146 cm³/mol. The molecular weight excluding hydrogens is 456 g/mol. The molecule has 2 N–H and O–H groups in total. The van der Waals surface area contributed by atoms with Gasteiger partial charge in [0.25, 0.3) is 0 Å². The molecule has 3 rings (SSSR count). The summed E-state index contributed by atoms with van der Waals surface area (Å²) in [5.41, 5.74) is 0.775. The Morgan fingerprint density at radius 2 is 1.12 bits per heavy atom. The van der Waals surface area contributed by atoms with E-state index in [1.807, 2.05) is 61.6 Å². The van der Waals surface area contributed by atoms with Crippen LogP contribution in [0.4, 0.5) is 0 Å². The third-order valence-electron chi connectivity index (χ3n) is 5.59. The van der Waals surface area contributed by atoms with Crippen molar-refractivity contribution >= 4 is 38.7 Å². The van der Waals surface area contributed by atoms with Crippen LogP contribution >= 0.6 is 0 Å². The average molecular weight is 493 g/mol. The Morgan fingerprint density at radius 1 is 0.706 bits per heavy atom. The van der Waals surface area contributed by atoms with E-state index in [2.05, 4.69) is 60.1 Å². The summed E-state index contributed by atoms with van der Waals surface area (Å²) in [6.45, 7) is 7.57. The van der Waals surface area contributed by atoms with Gasteiger partial charge in [-0.15, -0.1) is 0 Å². The second-order valence-electron chi connectivity index (χ2n) is 8.66. The summed E-state index contributed by atoms with van der Waals surface area (Å²) in [5.74, 6) is 0.102. The molecule has 180 valence electrons. The van der Waals surface area contributed by atoms with Gasteiger partial charge in [-0.2, -0.15) is 0 Å². The highest BCUT2D eigenvalue weighted by Crippen LogP contribution is 2.15. The molecule has 34 heavy (non-hydrogen) atoms. The van der Waals surface area contributed by atoms with Crippen molar-refractivity contribution in [2.24, 2.45) is 0 Å². The van der Waals surface area contributed by atoms with Crippen LogP contribution in [-0.4, -0.2) is 47.7 Å². The molecule has 0 fully saturated rings. The van der Waals surface area contributed by atoms with Gasteiger partial charge in [0.1, 0.15) is 0 Å². The smallest absolute Gasteiger partial charge is 0.228 e. The summed E-state index contributed by atoms with van der Waals surface area (Å²) >= 11 is 0. The van der Waals surface area contributed by atoms with E-state index in [0.29, 0.717) is 6.17 Å². The van der Waals surface area contributed by atoms with Gasteiger partial charge >= 0.3 is 0 Å². The van der Waals surface area contributed by atoms with Crippen LogP contribution in [0.1, 0.15) is 24.2 Å². The van der Waals surface area contributed by atoms with Crippen molar-refractivity contribution in [2.45, 2.75) is 26.9 Å². The molecule has 7 heteroatoms. The number of carbonyl (C=O) groups is 2. The number of rotatable bonds is 9. The lowest BCUT2D eigenvalue weighted by Gasteiger charge is -2.39. The molecule has 3 aromatic rings. The van der Waals surface area contributed by atoms with Crippen molar-refractivity contribution in [3.8, 4) is 0 Å². The van der Waals surface area contributed by atoms with Gasteiger partial charge in [0.05, 0.1) is 0 Å². The standard InChI is InChI=1S/C19H28N2O2Si2.C8H8O/c1-17(22)21-16-25(4,19-13-9-6-10-14-19)23-24(3,15-20-2)18-11-7-5-8-12-18;1-7(9)8-5-3-2-4-6-8/h5-14,20H,15-16H2,1-4H3,(H,21,22);2-6H,1H3. The molecule has 0 aromatic heterocycles. The molecule has 0 aliphatic heterocycles. The van der Waals surface area contributed by atoms with Crippen molar-refractivity contribution in [3.63, 3.8) is 0 Å². The van der Waals surface area contributed by atoms with Crippen LogP contribution in [0.2, 0.25) is 13.1 Å². The summed E-state index contributed by atoms with van der Waals surface area (Å²) < 4.78 is 6.99. The lowest BCUT2D eigenvalue weighted by Crippen LogP contribution is -2.67. The number of nitrogens with one attached hydrogen (secondary N) is 2. The molecule has 0 heterocycles. The van der Waals surface area contributed by atoms with Crippen molar-refractivity contribution in [3.05, 3.63) is 96.6 Å². The summed E-state index contributed by atoms with van der Waals surface area (Å²) in [7, 11) is -2.61. The summed E-state index contributed by atoms with van der Waals surface area (Å²) in [5, 5.41) is 8.79. The number of hydrogen-bond donors (Lipinski definition) is 2. The van der Waals surface area contributed by atoms with E-state index in [1.54, 1.807) is 13.8 Å². The van der Waals surface area contributed by atoms with Crippen LogP contribution in [0.25, 0.3) is 0 Å². The number of benzene rings is 3. The second-order valence-corrected chi connectivity index (χ2v) is 16.3. The number of carbonyl (C=O) groups excluding carboxylic acids is 2. The van der Waals surface area contributed by atoms with E-state index in [0.717, 1.165) is 11.7 Å². The zero-order chi connectivity index (χ0) is 25.0. The molecule has 0 aliphatic carbocycles. The van der Waals surface area contributed by atoms with E-state index in [1.165, 1.54) is 10.4 Å². The maximum absolute atomic E-state index is 11.5. The van der Waals surface area contributed by atoms with Crippen LogP contribution in [0.5, 0.6) is 0 Å². The van der Waals surface area contributed by atoms with E-state index in [4.69, 9.17) is 4.12 Å². The lowest BCUT2D eigenvalue weighted by molar-refractivity contribution is -0.118. The molecule has 0 spiro atoms. The summed E-state index contributed by atoms with van der Waals surface area (Å²) in [6.07, 6.45) is 1.40. The van der Waals surface area contributed by atoms with E-state index in [9.17, 15) is 9.59 Å². The number of amides is 1. The fraction of sp³-hybridized carbons (Fsp3) is 0.259. The highest BCUT2D eigenvalue weighted by Gasteiger charge is 2.42. The zero-order valence-electron chi connectivity index (χ0n) is 20.8. The predicted octanol–water partition coefficient (Wildman–Crippen LogP) is 3.29. The Bertz CT molecular complexity index is 1040. The van der Waals surface area contributed by atoms with Gasteiger partial charge in [-0.05, 0) is 37.4 Å². The molecule has 2 unspecified atom stereocenters. The average Bonchev–Trinajstić information content (AvgIpc) is 2.85. The van der Waals surface area contributed by atoms with Gasteiger partial charge < -0.3 is 14.7 Å². The molecule has 0 saturated heterocycles. The maximum atomic E-state index is 11.5. The van der Waals surface area contributed by atoms with Crippen molar-refractivity contribution in [2.75, 3.05) is 19.4 Å². The molecule has 0 aliphatic rings. The Hall–Kier alpha value is -2.85.